The molecular formula is C13H22N2O. The largest absolute Gasteiger partial charge is 0.379 e. The first-order valence-corrected chi connectivity index (χ1v) is 5.96. The summed E-state index contributed by atoms with van der Waals surface area (Å²) in [5.41, 5.74) is 1.31. The van der Waals surface area contributed by atoms with E-state index in [2.05, 4.69) is 41.8 Å². The summed E-state index contributed by atoms with van der Waals surface area (Å²) in [7, 11) is 0. The van der Waals surface area contributed by atoms with Gasteiger partial charge in [0.1, 0.15) is 0 Å². The van der Waals surface area contributed by atoms with Gasteiger partial charge in [-0.3, -0.25) is 0 Å². The molecule has 0 saturated carbocycles. The van der Waals surface area contributed by atoms with Crippen molar-refractivity contribution in [2.24, 2.45) is 0 Å². The number of nitrogens with one attached hydrogen (secondary N) is 2. The molecule has 1 aromatic rings. The van der Waals surface area contributed by atoms with Crippen LogP contribution in [0.15, 0.2) is 30.3 Å². The van der Waals surface area contributed by atoms with Crippen LogP contribution in [-0.2, 0) is 11.3 Å². The second-order valence-electron chi connectivity index (χ2n) is 3.63. The van der Waals surface area contributed by atoms with Crippen molar-refractivity contribution in [1.82, 2.24) is 10.6 Å². The summed E-state index contributed by atoms with van der Waals surface area (Å²) in [6.07, 6.45) is 0. The predicted octanol–water partition coefficient (Wildman–Crippen LogP) is 1.40. The Morgan fingerprint density at radius 3 is 2.38 bits per heavy atom. The van der Waals surface area contributed by atoms with Gasteiger partial charge in [0.05, 0.1) is 13.2 Å². The summed E-state index contributed by atoms with van der Waals surface area (Å²) in [6.45, 7) is 7.43. The second-order valence-corrected chi connectivity index (χ2v) is 3.63. The van der Waals surface area contributed by atoms with Gasteiger partial charge in [-0.25, -0.2) is 0 Å². The number of benzene rings is 1. The van der Waals surface area contributed by atoms with E-state index in [0.717, 1.165) is 39.4 Å². The van der Waals surface area contributed by atoms with Gasteiger partial charge >= 0.3 is 0 Å². The summed E-state index contributed by atoms with van der Waals surface area (Å²) in [4.78, 5) is 0. The molecule has 0 aliphatic carbocycles. The maximum absolute atomic E-state index is 5.45. The van der Waals surface area contributed by atoms with Gasteiger partial charge in [-0.05, 0) is 12.1 Å². The summed E-state index contributed by atoms with van der Waals surface area (Å²) < 4.78 is 5.45. The van der Waals surface area contributed by atoms with E-state index in [4.69, 9.17) is 4.74 Å². The lowest BCUT2D eigenvalue weighted by Gasteiger charge is -2.06. The minimum atomic E-state index is 0.776. The third-order valence-electron chi connectivity index (χ3n) is 2.27. The monoisotopic (exact) mass is 222 g/mol. The molecular weight excluding hydrogens is 200 g/mol. The highest BCUT2D eigenvalue weighted by Crippen LogP contribution is 1.96. The SMILES string of the molecule is CCNCCOCCNCc1ccccc1. The standard InChI is InChI=1S/C13H22N2O/c1-2-14-8-10-16-11-9-15-12-13-6-4-3-5-7-13/h3-7,14-15H,2,8-12H2,1H3. The van der Waals surface area contributed by atoms with Crippen LogP contribution in [-0.4, -0.2) is 32.8 Å². The van der Waals surface area contributed by atoms with Gasteiger partial charge in [-0.1, -0.05) is 37.3 Å². The van der Waals surface area contributed by atoms with Crippen LogP contribution in [0.2, 0.25) is 0 Å². The number of rotatable bonds is 9. The van der Waals surface area contributed by atoms with Gasteiger partial charge in [-0.2, -0.15) is 0 Å². The van der Waals surface area contributed by atoms with E-state index in [1.165, 1.54) is 5.56 Å². The molecule has 1 rings (SSSR count). The fourth-order valence-corrected chi connectivity index (χ4v) is 1.40. The zero-order valence-electron chi connectivity index (χ0n) is 10.0. The van der Waals surface area contributed by atoms with Crippen molar-refractivity contribution in [2.75, 3.05) is 32.8 Å². The van der Waals surface area contributed by atoms with Crippen molar-refractivity contribution >= 4 is 0 Å². The summed E-state index contributed by atoms with van der Waals surface area (Å²) in [6, 6.07) is 10.4. The van der Waals surface area contributed by atoms with Crippen LogP contribution < -0.4 is 10.6 Å². The van der Waals surface area contributed by atoms with Gasteiger partial charge in [0.2, 0.25) is 0 Å². The van der Waals surface area contributed by atoms with Crippen molar-refractivity contribution in [3.05, 3.63) is 35.9 Å². The molecule has 0 bridgehead atoms. The fraction of sp³-hybridized carbons (Fsp3) is 0.538. The quantitative estimate of drug-likeness (QED) is 0.620. The van der Waals surface area contributed by atoms with Crippen molar-refractivity contribution < 1.29 is 4.74 Å². The molecule has 16 heavy (non-hydrogen) atoms. The summed E-state index contributed by atoms with van der Waals surface area (Å²) >= 11 is 0. The third-order valence-corrected chi connectivity index (χ3v) is 2.27. The summed E-state index contributed by atoms with van der Waals surface area (Å²) in [5, 5.41) is 6.57. The minimum absolute atomic E-state index is 0.776. The molecule has 0 heterocycles. The van der Waals surface area contributed by atoms with E-state index >= 15 is 0 Å². The highest BCUT2D eigenvalue weighted by molar-refractivity contribution is 5.14. The zero-order chi connectivity index (χ0) is 11.5. The molecule has 0 amide bonds. The van der Waals surface area contributed by atoms with E-state index in [1.54, 1.807) is 0 Å². The molecule has 0 radical (unpaired) electrons. The smallest absolute Gasteiger partial charge is 0.0591 e. The molecule has 1 aromatic carbocycles. The van der Waals surface area contributed by atoms with E-state index in [9.17, 15) is 0 Å². The second kappa shape index (κ2) is 9.33. The minimum Gasteiger partial charge on any atom is -0.379 e. The van der Waals surface area contributed by atoms with Gasteiger partial charge in [0, 0.05) is 19.6 Å². The topological polar surface area (TPSA) is 33.3 Å². The van der Waals surface area contributed by atoms with Crippen LogP contribution in [0.25, 0.3) is 0 Å². The van der Waals surface area contributed by atoms with Crippen molar-refractivity contribution in [2.45, 2.75) is 13.5 Å². The lowest BCUT2D eigenvalue weighted by Crippen LogP contribution is -2.23. The highest BCUT2D eigenvalue weighted by Gasteiger charge is 1.91. The Balaban J connectivity index is 1.89. The molecule has 0 fully saturated rings. The molecule has 0 unspecified atom stereocenters. The lowest BCUT2D eigenvalue weighted by atomic mass is 10.2. The Morgan fingerprint density at radius 2 is 1.69 bits per heavy atom. The van der Waals surface area contributed by atoms with Crippen molar-refractivity contribution in [3.63, 3.8) is 0 Å². The van der Waals surface area contributed by atoms with Crippen LogP contribution in [0.4, 0.5) is 0 Å². The molecule has 3 heteroatoms. The Labute approximate surface area is 98.2 Å². The fourth-order valence-electron chi connectivity index (χ4n) is 1.40. The lowest BCUT2D eigenvalue weighted by molar-refractivity contribution is 0.138. The number of likely N-dealkylation sites (N-methyl/N-ethyl adjacent to an activating group) is 1. The molecule has 0 atom stereocenters. The van der Waals surface area contributed by atoms with Crippen LogP contribution in [0.5, 0.6) is 0 Å². The Bertz CT molecular complexity index is 251. The van der Waals surface area contributed by atoms with Crippen LogP contribution in [0, 0.1) is 0 Å². The average molecular weight is 222 g/mol. The van der Waals surface area contributed by atoms with E-state index in [0.29, 0.717) is 0 Å². The van der Waals surface area contributed by atoms with Crippen LogP contribution in [0.3, 0.4) is 0 Å². The molecule has 0 spiro atoms. The van der Waals surface area contributed by atoms with Gasteiger partial charge in [0.25, 0.3) is 0 Å². The Hall–Kier alpha value is -0.900. The predicted molar refractivity (Wildman–Crippen MR) is 67.5 cm³/mol. The molecule has 0 aromatic heterocycles. The molecule has 0 aliphatic rings. The molecule has 0 saturated heterocycles. The maximum Gasteiger partial charge on any atom is 0.0591 e. The Kier molecular flexibility index (Phi) is 7.68. The first-order chi connectivity index (χ1) is 7.93. The van der Waals surface area contributed by atoms with E-state index in [-0.39, 0.29) is 0 Å². The van der Waals surface area contributed by atoms with Gasteiger partial charge in [-0.15, -0.1) is 0 Å². The third kappa shape index (κ3) is 6.56. The van der Waals surface area contributed by atoms with Gasteiger partial charge in [0.15, 0.2) is 0 Å². The first-order valence-electron chi connectivity index (χ1n) is 5.96. The normalized spacial score (nSPS) is 10.6. The average Bonchev–Trinajstić information content (AvgIpc) is 2.34. The van der Waals surface area contributed by atoms with Crippen LogP contribution in [0.1, 0.15) is 12.5 Å². The Morgan fingerprint density at radius 1 is 1.00 bits per heavy atom. The molecule has 2 N–H and O–H groups in total. The molecule has 90 valence electrons. The van der Waals surface area contributed by atoms with E-state index < -0.39 is 0 Å². The summed E-state index contributed by atoms with van der Waals surface area (Å²) in [5.74, 6) is 0. The first kappa shape index (κ1) is 13.2. The van der Waals surface area contributed by atoms with Crippen molar-refractivity contribution in [1.29, 1.82) is 0 Å². The number of hydrogen-bond acceptors (Lipinski definition) is 3. The van der Waals surface area contributed by atoms with Crippen LogP contribution >= 0.6 is 0 Å². The van der Waals surface area contributed by atoms with E-state index in [1.807, 2.05) is 6.07 Å². The molecule has 0 aliphatic heterocycles. The zero-order valence-corrected chi connectivity index (χ0v) is 10.0. The van der Waals surface area contributed by atoms with Crippen molar-refractivity contribution in [3.8, 4) is 0 Å². The maximum atomic E-state index is 5.45. The highest BCUT2D eigenvalue weighted by atomic mass is 16.5. The molecule has 3 nitrogen and oxygen atoms in total. The number of ether oxygens (including phenoxy) is 1. The number of hydrogen-bond donors (Lipinski definition) is 2. The van der Waals surface area contributed by atoms with Gasteiger partial charge < -0.3 is 15.4 Å².